The van der Waals surface area contributed by atoms with Crippen molar-refractivity contribution < 1.29 is 17.9 Å². The van der Waals surface area contributed by atoms with Crippen LogP contribution < -0.4 is 14.8 Å². The van der Waals surface area contributed by atoms with Gasteiger partial charge in [0.2, 0.25) is 15.9 Å². The Kier molecular flexibility index (Phi) is 6.85. The molecule has 2 N–H and O–H groups in total. The van der Waals surface area contributed by atoms with Crippen LogP contribution >= 0.6 is 0 Å². The number of carbonyl (C=O) groups is 1. The highest BCUT2D eigenvalue weighted by atomic mass is 32.2. The molecule has 0 saturated heterocycles. The molecule has 0 aliphatic carbocycles. The Hall–Kier alpha value is -2.38. The normalized spacial score (nSPS) is 11.4. The summed E-state index contributed by atoms with van der Waals surface area (Å²) in [4.78, 5) is 12.4. The molecule has 0 saturated carbocycles. The van der Waals surface area contributed by atoms with Crippen LogP contribution in [0.2, 0.25) is 0 Å². The van der Waals surface area contributed by atoms with E-state index in [1.165, 1.54) is 0 Å². The smallest absolute Gasteiger partial charge is 0.241 e. The second-order valence-corrected chi connectivity index (χ2v) is 8.59. The first-order valence-electron chi connectivity index (χ1n) is 9.09. The van der Waals surface area contributed by atoms with E-state index in [1.807, 2.05) is 34.6 Å². The van der Waals surface area contributed by atoms with Gasteiger partial charge in [-0.1, -0.05) is 6.07 Å². The van der Waals surface area contributed by atoms with E-state index >= 15 is 0 Å². The maximum absolute atomic E-state index is 12.9. The molecule has 2 rings (SSSR count). The molecule has 0 heterocycles. The van der Waals surface area contributed by atoms with Crippen molar-refractivity contribution in [2.45, 2.75) is 45.9 Å². The molecule has 2 aromatic carbocycles. The summed E-state index contributed by atoms with van der Waals surface area (Å²) in [6.07, 6.45) is 0.0262. The molecule has 0 aliphatic heterocycles. The zero-order valence-corrected chi connectivity index (χ0v) is 18.1. The molecule has 0 bridgehead atoms. The number of sulfonamides is 1. The monoisotopic (exact) mass is 404 g/mol. The third kappa shape index (κ3) is 4.72. The van der Waals surface area contributed by atoms with E-state index in [0.717, 1.165) is 27.8 Å². The zero-order chi connectivity index (χ0) is 21.1. The van der Waals surface area contributed by atoms with E-state index in [1.54, 1.807) is 31.4 Å². The molecule has 0 aliphatic rings. The minimum atomic E-state index is -3.71. The molecule has 1 amide bonds. The molecular weight excluding hydrogens is 376 g/mol. The van der Waals surface area contributed by atoms with Gasteiger partial charge in [0.15, 0.2) is 0 Å². The average Bonchev–Trinajstić information content (AvgIpc) is 2.64. The summed E-state index contributed by atoms with van der Waals surface area (Å²) in [6, 6.07) is 6.99. The molecule has 28 heavy (non-hydrogen) atoms. The van der Waals surface area contributed by atoms with Gasteiger partial charge in [0, 0.05) is 24.7 Å². The summed E-state index contributed by atoms with van der Waals surface area (Å²) in [5, 5.41) is 2.74. The van der Waals surface area contributed by atoms with Crippen LogP contribution in [0.15, 0.2) is 29.2 Å². The zero-order valence-electron chi connectivity index (χ0n) is 17.3. The van der Waals surface area contributed by atoms with Gasteiger partial charge in [0.1, 0.15) is 5.75 Å². The fourth-order valence-electron chi connectivity index (χ4n) is 3.16. The lowest BCUT2D eigenvalue weighted by molar-refractivity contribution is -0.116. The van der Waals surface area contributed by atoms with Crippen LogP contribution in [-0.4, -0.2) is 28.0 Å². The molecule has 0 atom stereocenters. The maximum atomic E-state index is 12.9. The number of rotatable bonds is 7. The third-order valence-electron chi connectivity index (χ3n) is 5.20. The number of hydrogen-bond donors (Lipinski definition) is 2. The topological polar surface area (TPSA) is 84.5 Å². The molecule has 0 fully saturated rings. The molecule has 0 radical (unpaired) electrons. The number of carbonyl (C=O) groups excluding carboxylic acids is 1. The second kappa shape index (κ2) is 8.75. The van der Waals surface area contributed by atoms with Gasteiger partial charge >= 0.3 is 0 Å². The molecule has 2 aromatic rings. The minimum absolute atomic E-state index is 0.0169. The Morgan fingerprint density at radius 3 is 2.11 bits per heavy atom. The van der Waals surface area contributed by atoms with E-state index in [2.05, 4.69) is 10.0 Å². The Morgan fingerprint density at radius 2 is 1.54 bits per heavy atom. The summed E-state index contributed by atoms with van der Waals surface area (Å²) < 4.78 is 33.4. The van der Waals surface area contributed by atoms with Crippen LogP contribution in [0, 0.1) is 34.6 Å². The van der Waals surface area contributed by atoms with Gasteiger partial charge in [-0.25, -0.2) is 13.1 Å². The first-order chi connectivity index (χ1) is 13.1. The SMILES string of the molecule is COc1cccc(NC(=O)CCNS(=O)(=O)c2c(C)c(C)c(C)c(C)c2C)c1. The van der Waals surface area contributed by atoms with Crippen molar-refractivity contribution in [1.29, 1.82) is 0 Å². The fourth-order valence-corrected chi connectivity index (χ4v) is 4.79. The molecule has 7 heteroatoms. The van der Waals surface area contributed by atoms with Crippen LogP contribution in [0.25, 0.3) is 0 Å². The lowest BCUT2D eigenvalue weighted by Crippen LogP contribution is -2.29. The highest BCUT2D eigenvalue weighted by Gasteiger charge is 2.23. The number of ether oxygens (including phenoxy) is 1. The number of amides is 1. The molecule has 6 nitrogen and oxygen atoms in total. The average molecular weight is 405 g/mol. The number of hydrogen-bond acceptors (Lipinski definition) is 4. The van der Waals surface area contributed by atoms with E-state index in [9.17, 15) is 13.2 Å². The summed E-state index contributed by atoms with van der Waals surface area (Å²) in [5.41, 5.74) is 5.14. The second-order valence-electron chi connectivity index (χ2n) is 6.88. The summed E-state index contributed by atoms with van der Waals surface area (Å²) >= 11 is 0. The van der Waals surface area contributed by atoms with Gasteiger partial charge in [-0.3, -0.25) is 4.79 Å². The van der Waals surface area contributed by atoms with Crippen LogP contribution in [0.4, 0.5) is 5.69 Å². The van der Waals surface area contributed by atoms with Gasteiger partial charge in [-0.15, -0.1) is 0 Å². The quantitative estimate of drug-likeness (QED) is 0.739. The molecule has 0 aromatic heterocycles. The number of methoxy groups -OCH3 is 1. The van der Waals surface area contributed by atoms with Gasteiger partial charge in [-0.2, -0.15) is 0 Å². The Morgan fingerprint density at radius 1 is 0.964 bits per heavy atom. The van der Waals surface area contributed by atoms with Crippen LogP contribution in [-0.2, 0) is 14.8 Å². The lowest BCUT2D eigenvalue weighted by Gasteiger charge is -2.19. The Bertz CT molecular complexity index is 969. The Balaban J connectivity index is 2.07. The summed E-state index contributed by atoms with van der Waals surface area (Å²) in [6.45, 7) is 9.51. The van der Waals surface area contributed by atoms with Crippen molar-refractivity contribution in [3.63, 3.8) is 0 Å². The van der Waals surface area contributed by atoms with Crippen LogP contribution in [0.3, 0.4) is 0 Å². The van der Waals surface area contributed by atoms with Crippen molar-refractivity contribution in [2.75, 3.05) is 19.0 Å². The largest absolute Gasteiger partial charge is 0.497 e. The third-order valence-corrected chi connectivity index (χ3v) is 6.93. The van der Waals surface area contributed by atoms with E-state index in [4.69, 9.17) is 4.74 Å². The maximum Gasteiger partial charge on any atom is 0.241 e. The predicted octanol–water partition coefficient (Wildman–Crippen LogP) is 3.54. The van der Waals surface area contributed by atoms with E-state index < -0.39 is 10.0 Å². The van der Waals surface area contributed by atoms with Crippen LogP contribution in [0.1, 0.15) is 34.2 Å². The summed E-state index contributed by atoms with van der Waals surface area (Å²) in [5.74, 6) is 0.357. The highest BCUT2D eigenvalue weighted by Crippen LogP contribution is 2.29. The van der Waals surface area contributed by atoms with Gasteiger partial charge in [-0.05, 0) is 74.6 Å². The first kappa shape index (κ1) is 21.9. The van der Waals surface area contributed by atoms with Crippen molar-refractivity contribution in [3.8, 4) is 5.75 Å². The van der Waals surface area contributed by atoms with Crippen molar-refractivity contribution >= 4 is 21.6 Å². The molecular formula is C21H28N2O4S. The number of nitrogens with one attached hydrogen (secondary N) is 2. The van der Waals surface area contributed by atoms with Gasteiger partial charge in [0.05, 0.1) is 12.0 Å². The van der Waals surface area contributed by atoms with Gasteiger partial charge < -0.3 is 10.1 Å². The highest BCUT2D eigenvalue weighted by molar-refractivity contribution is 7.89. The minimum Gasteiger partial charge on any atom is -0.497 e. The molecule has 152 valence electrons. The first-order valence-corrected chi connectivity index (χ1v) is 10.6. The number of benzene rings is 2. The standard InChI is InChI=1S/C21H28N2O4S/c1-13-14(2)16(4)21(17(5)15(13)3)28(25,26)22-11-10-20(24)23-18-8-7-9-19(12-18)27-6/h7-9,12,22H,10-11H2,1-6H3,(H,23,24). The lowest BCUT2D eigenvalue weighted by atomic mass is 9.95. The molecule has 0 unspecified atom stereocenters. The van der Waals surface area contributed by atoms with Crippen molar-refractivity contribution in [2.24, 2.45) is 0 Å². The van der Waals surface area contributed by atoms with E-state index in [-0.39, 0.29) is 18.9 Å². The van der Waals surface area contributed by atoms with E-state index in [0.29, 0.717) is 16.3 Å². The molecule has 0 spiro atoms. The van der Waals surface area contributed by atoms with Crippen molar-refractivity contribution in [3.05, 3.63) is 52.1 Å². The van der Waals surface area contributed by atoms with Gasteiger partial charge in [0.25, 0.3) is 0 Å². The summed E-state index contributed by atoms with van der Waals surface area (Å²) in [7, 11) is -2.16. The Labute approximate surface area is 167 Å². The fraction of sp³-hybridized carbons (Fsp3) is 0.381. The van der Waals surface area contributed by atoms with Crippen LogP contribution in [0.5, 0.6) is 5.75 Å². The predicted molar refractivity (Wildman–Crippen MR) is 112 cm³/mol. The van der Waals surface area contributed by atoms with Crippen molar-refractivity contribution in [1.82, 2.24) is 4.72 Å². The number of anilines is 1.